The molecule has 3 saturated carbocycles. The van der Waals surface area contributed by atoms with Gasteiger partial charge in [0, 0.05) is 5.69 Å². The molecule has 1 aromatic heterocycles. The van der Waals surface area contributed by atoms with Gasteiger partial charge in [-0.1, -0.05) is 13.8 Å². The summed E-state index contributed by atoms with van der Waals surface area (Å²) in [6.07, 6.45) is 8.03. The van der Waals surface area contributed by atoms with E-state index in [-0.39, 0.29) is 22.5 Å². The molecule has 5 nitrogen and oxygen atoms in total. The van der Waals surface area contributed by atoms with Crippen molar-refractivity contribution >= 4 is 0 Å². The highest BCUT2D eigenvalue weighted by Gasteiger charge is 2.60. The standard InChI is InChI=1S/C24H29N3O2/c1-23-8-7-19-14(18(23)5-6-21(23)28)4-3-13-9-20-15(10-24(13,19)2)16(11-25)17(12-26)22(29)27-20/h13-14,18-19,21,28H,3-10H2,1-2H3,(H,27,29)/t13-,14+,18-,19+,21-,23-,24-/m0/s1. The van der Waals surface area contributed by atoms with Crippen LogP contribution in [-0.4, -0.2) is 16.2 Å². The van der Waals surface area contributed by atoms with Gasteiger partial charge in [0.25, 0.3) is 5.56 Å². The smallest absolute Gasteiger partial charge is 0.267 e. The van der Waals surface area contributed by atoms with Crippen molar-refractivity contribution in [1.82, 2.24) is 4.98 Å². The largest absolute Gasteiger partial charge is 0.393 e. The lowest BCUT2D eigenvalue weighted by atomic mass is 9.45. The first kappa shape index (κ1) is 18.9. The fourth-order valence-electron chi connectivity index (χ4n) is 8.04. The minimum Gasteiger partial charge on any atom is -0.393 e. The summed E-state index contributed by atoms with van der Waals surface area (Å²) in [7, 11) is 0. The number of aliphatic hydroxyl groups excluding tert-OH is 1. The Balaban J connectivity index is 1.57. The molecule has 0 aromatic carbocycles. The second-order valence-corrected chi connectivity index (χ2v) is 10.6. The predicted molar refractivity (Wildman–Crippen MR) is 108 cm³/mol. The first-order valence-corrected chi connectivity index (χ1v) is 11.1. The number of nitrogens with zero attached hydrogens (tertiary/aromatic N) is 2. The number of aromatic amines is 1. The average Bonchev–Trinajstić information content (AvgIpc) is 3.00. The van der Waals surface area contributed by atoms with E-state index in [9.17, 15) is 20.4 Å². The zero-order chi connectivity index (χ0) is 20.6. The first-order chi connectivity index (χ1) is 13.8. The molecule has 4 aliphatic carbocycles. The second kappa shape index (κ2) is 6.19. The summed E-state index contributed by atoms with van der Waals surface area (Å²) in [5.74, 6) is 2.32. The van der Waals surface area contributed by atoms with Gasteiger partial charge >= 0.3 is 0 Å². The molecule has 0 amide bonds. The number of fused-ring (bicyclic) bond motifs is 6. The second-order valence-electron chi connectivity index (χ2n) is 10.6. The Kier molecular flexibility index (Phi) is 4.03. The van der Waals surface area contributed by atoms with Gasteiger partial charge in [-0.3, -0.25) is 4.79 Å². The Morgan fingerprint density at radius 1 is 1.00 bits per heavy atom. The monoisotopic (exact) mass is 391 g/mol. The topological polar surface area (TPSA) is 101 Å². The van der Waals surface area contributed by atoms with Crippen LogP contribution in [-0.2, 0) is 12.8 Å². The molecule has 0 radical (unpaired) electrons. The maximum atomic E-state index is 12.3. The van der Waals surface area contributed by atoms with E-state index < -0.39 is 5.56 Å². The van der Waals surface area contributed by atoms with Gasteiger partial charge in [-0.15, -0.1) is 0 Å². The molecule has 7 atom stereocenters. The molecule has 0 spiro atoms. The molecule has 152 valence electrons. The van der Waals surface area contributed by atoms with Gasteiger partial charge in [0.1, 0.15) is 17.7 Å². The highest BCUT2D eigenvalue weighted by atomic mass is 16.3. The molecule has 0 unspecified atom stereocenters. The van der Waals surface area contributed by atoms with Crippen LogP contribution >= 0.6 is 0 Å². The molecule has 1 heterocycles. The number of nitriles is 2. The van der Waals surface area contributed by atoms with Crippen molar-refractivity contribution in [3.8, 4) is 12.1 Å². The molecule has 0 saturated heterocycles. The number of rotatable bonds is 0. The van der Waals surface area contributed by atoms with Crippen molar-refractivity contribution in [2.75, 3.05) is 0 Å². The third-order valence-corrected chi connectivity index (χ3v) is 9.65. The van der Waals surface area contributed by atoms with Crippen LogP contribution in [0, 0.1) is 57.2 Å². The Hall–Kier alpha value is -2.11. The lowest BCUT2D eigenvalue weighted by Gasteiger charge is -2.60. The highest BCUT2D eigenvalue weighted by molar-refractivity contribution is 5.52. The van der Waals surface area contributed by atoms with Gasteiger partial charge in [0.15, 0.2) is 0 Å². The molecule has 5 rings (SSSR count). The molecule has 5 heteroatoms. The zero-order valence-corrected chi connectivity index (χ0v) is 17.3. The molecule has 2 N–H and O–H groups in total. The summed E-state index contributed by atoms with van der Waals surface area (Å²) in [4.78, 5) is 15.2. The van der Waals surface area contributed by atoms with Crippen molar-refractivity contribution in [2.45, 2.75) is 71.3 Å². The minimum atomic E-state index is -0.423. The van der Waals surface area contributed by atoms with E-state index in [1.54, 1.807) is 0 Å². The van der Waals surface area contributed by atoms with Crippen LogP contribution in [0.1, 0.15) is 74.8 Å². The van der Waals surface area contributed by atoms with Crippen LogP contribution < -0.4 is 5.56 Å². The van der Waals surface area contributed by atoms with Crippen LogP contribution in [0.15, 0.2) is 4.79 Å². The van der Waals surface area contributed by atoms with E-state index in [1.165, 1.54) is 6.42 Å². The third-order valence-electron chi connectivity index (χ3n) is 9.65. The van der Waals surface area contributed by atoms with Crippen molar-refractivity contribution in [3.05, 3.63) is 32.7 Å². The Morgan fingerprint density at radius 2 is 1.72 bits per heavy atom. The molecule has 0 aliphatic heterocycles. The summed E-state index contributed by atoms with van der Waals surface area (Å²) in [6, 6.07) is 4.13. The van der Waals surface area contributed by atoms with Crippen LogP contribution in [0.25, 0.3) is 0 Å². The lowest BCUT2D eigenvalue weighted by molar-refractivity contribution is -0.111. The Morgan fingerprint density at radius 3 is 2.45 bits per heavy atom. The maximum Gasteiger partial charge on any atom is 0.267 e. The van der Waals surface area contributed by atoms with E-state index in [2.05, 4.69) is 24.9 Å². The molecule has 0 bridgehead atoms. The van der Waals surface area contributed by atoms with Crippen molar-refractivity contribution in [1.29, 1.82) is 10.5 Å². The molecule has 29 heavy (non-hydrogen) atoms. The third kappa shape index (κ3) is 2.37. The molecule has 3 fully saturated rings. The van der Waals surface area contributed by atoms with Crippen molar-refractivity contribution in [3.63, 3.8) is 0 Å². The van der Waals surface area contributed by atoms with Crippen LogP contribution in [0.3, 0.4) is 0 Å². The highest BCUT2D eigenvalue weighted by Crippen LogP contribution is 2.65. The summed E-state index contributed by atoms with van der Waals surface area (Å²) in [5.41, 5.74) is 1.77. The fraction of sp³-hybridized carbons (Fsp3) is 0.708. The quantitative estimate of drug-likeness (QED) is 0.707. The minimum absolute atomic E-state index is 0.0317. The Labute approximate surface area is 171 Å². The van der Waals surface area contributed by atoms with Gasteiger partial charge in [0.05, 0.1) is 11.7 Å². The molecule has 1 aromatic rings. The zero-order valence-electron chi connectivity index (χ0n) is 17.3. The number of nitrogens with one attached hydrogen (secondary N) is 1. The fourth-order valence-corrected chi connectivity index (χ4v) is 8.04. The van der Waals surface area contributed by atoms with Gasteiger partial charge in [-0.25, -0.2) is 0 Å². The van der Waals surface area contributed by atoms with Gasteiger partial charge < -0.3 is 10.1 Å². The number of aliphatic hydroxyl groups is 1. The maximum absolute atomic E-state index is 12.3. The van der Waals surface area contributed by atoms with Crippen LogP contribution in [0.5, 0.6) is 0 Å². The number of pyridine rings is 1. The lowest BCUT2D eigenvalue weighted by Crippen LogP contribution is -2.55. The summed E-state index contributed by atoms with van der Waals surface area (Å²) >= 11 is 0. The number of hydrogen-bond acceptors (Lipinski definition) is 4. The van der Waals surface area contributed by atoms with Crippen molar-refractivity contribution in [2.24, 2.45) is 34.5 Å². The number of H-pyrrole nitrogens is 1. The van der Waals surface area contributed by atoms with Crippen LogP contribution in [0.2, 0.25) is 0 Å². The average molecular weight is 392 g/mol. The van der Waals surface area contributed by atoms with E-state index in [0.29, 0.717) is 29.2 Å². The summed E-state index contributed by atoms with van der Waals surface area (Å²) in [6.45, 7) is 4.69. The van der Waals surface area contributed by atoms with Crippen molar-refractivity contribution < 1.29 is 5.11 Å². The molecular weight excluding hydrogens is 362 g/mol. The van der Waals surface area contributed by atoms with E-state index in [0.717, 1.165) is 56.2 Å². The van der Waals surface area contributed by atoms with Crippen LogP contribution in [0.4, 0.5) is 0 Å². The molecule has 4 aliphatic rings. The summed E-state index contributed by atoms with van der Waals surface area (Å²) < 4.78 is 0. The first-order valence-electron chi connectivity index (χ1n) is 11.1. The predicted octanol–water partition coefficient (Wildman–Crippen LogP) is 3.44. The van der Waals surface area contributed by atoms with Gasteiger partial charge in [-0.05, 0) is 91.4 Å². The van der Waals surface area contributed by atoms with Gasteiger partial charge in [-0.2, -0.15) is 10.5 Å². The summed E-state index contributed by atoms with van der Waals surface area (Å²) in [5, 5.41) is 29.8. The normalized spacial score (nSPS) is 42.6. The molecular formula is C24H29N3O2. The number of aromatic nitrogens is 1. The van der Waals surface area contributed by atoms with E-state index >= 15 is 0 Å². The van der Waals surface area contributed by atoms with E-state index in [1.807, 2.05) is 6.07 Å². The Bertz CT molecular complexity index is 1010. The number of hydrogen-bond donors (Lipinski definition) is 2. The van der Waals surface area contributed by atoms with Gasteiger partial charge in [0.2, 0.25) is 0 Å². The van der Waals surface area contributed by atoms with E-state index in [4.69, 9.17) is 0 Å². The SMILES string of the molecule is C[C@]12Cc3c([nH]c(=O)c(C#N)c3C#N)C[C@@H]1CC[C@H]1[C@H]2CC[C@]2(C)[C@@H](O)CC[C@@H]12.